The lowest BCUT2D eigenvalue weighted by Crippen LogP contribution is -2.49. The highest BCUT2D eigenvalue weighted by Gasteiger charge is 2.35. The summed E-state index contributed by atoms with van der Waals surface area (Å²) in [6.07, 6.45) is 13.7. The zero-order chi connectivity index (χ0) is 27.2. The lowest BCUT2D eigenvalue weighted by molar-refractivity contribution is 0.0531. The Morgan fingerprint density at radius 2 is 1.85 bits per heavy atom. The number of pyridine rings is 1. The van der Waals surface area contributed by atoms with Crippen molar-refractivity contribution in [1.29, 1.82) is 0 Å². The van der Waals surface area contributed by atoms with Crippen molar-refractivity contribution in [3.63, 3.8) is 0 Å². The van der Waals surface area contributed by atoms with E-state index in [4.69, 9.17) is 4.98 Å². The van der Waals surface area contributed by atoms with Gasteiger partial charge in [-0.3, -0.25) is 14.7 Å². The number of hydrogen-bond donors (Lipinski definition) is 1. The first-order valence-corrected chi connectivity index (χ1v) is 14.8. The third-order valence-corrected chi connectivity index (χ3v) is 8.59. The van der Waals surface area contributed by atoms with Crippen molar-refractivity contribution in [2.24, 2.45) is 7.05 Å². The summed E-state index contributed by atoms with van der Waals surface area (Å²) in [5.41, 5.74) is 4.53. The standard InChI is InChI=1S/C32H43N5O2/c1-3-4-5-6-10-24-11-7-12-25(21-24)31-34-29(26-13-8-17-33-22-26)30(35(31)2)32(39)36-19-15-27(16-20-36)37-18-9-14-28(37)23-38/h7-8,11-13,17,21-22,27-28,38H,3-6,9-10,14-16,18-20,23H2,1-2H3/t28-/m1/s1. The number of carbonyl (C=O) groups is 1. The SMILES string of the molecule is CCCCCCc1cccc(-c2nc(-c3cccnc3)c(C(=O)N3CCC(N4CCC[C@@H]4CO)CC3)n2C)c1. The highest BCUT2D eigenvalue weighted by molar-refractivity contribution is 5.99. The molecule has 5 rings (SSSR count). The first-order chi connectivity index (χ1) is 19.1. The van der Waals surface area contributed by atoms with Crippen LogP contribution in [0, 0.1) is 0 Å². The predicted molar refractivity (Wildman–Crippen MR) is 155 cm³/mol. The van der Waals surface area contributed by atoms with Gasteiger partial charge >= 0.3 is 0 Å². The highest BCUT2D eigenvalue weighted by Crippen LogP contribution is 2.32. The molecule has 7 heteroatoms. The molecule has 0 bridgehead atoms. The maximum absolute atomic E-state index is 14.1. The molecule has 3 aromatic rings. The Morgan fingerprint density at radius 3 is 2.59 bits per heavy atom. The predicted octanol–water partition coefficient (Wildman–Crippen LogP) is 5.33. The Labute approximate surface area is 232 Å². The van der Waals surface area contributed by atoms with Gasteiger partial charge in [0.25, 0.3) is 5.91 Å². The third kappa shape index (κ3) is 6.10. The van der Waals surface area contributed by atoms with Crippen LogP contribution in [0.3, 0.4) is 0 Å². The summed E-state index contributed by atoms with van der Waals surface area (Å²) in [7, 11) is 1.96. The summed E-state index contributed by atoms with van der Waals surface area (Å²) in [4.78, 5) is 27.9. The Hall–Kier alpha value is -3.03. The van der Waals surface area contributed by atoms with Crippen LogP contribution in [0.4, 0.5) is 0 Å². The summed E-state index contributed by atoms with van der Waals surface area (Å²) < 4.78 is 1.98. The smallest absolute Gasteiger partial charge is 0.272 e. The molecule has 0 saturated carbocycles. The fraction of sp³-hybridized carbons (Fsp3) is 0.531. The summed E-state index contributed by atoms with van der Waals surface area (Å²) in [6, 6.07) is 13.2. The first-order valence-electron chi connectivity index (χ1n) is 14.8. The van der Waals surface area contributed by atoms with Crippen LogP contribution < -0.4 is 0 Å². The monoisotopic (exact) mass is 529 g/mol. The van der Waals surface area contributed by atoms with Gasteiger partial charge in [0.1, 0.15) is 17.2 Å². The van der Waals surface area contributed by atoms with Crippen LogP contribution in [0.2, 0.25) is 0 Å². The normalized spacial score (nSPS) is 18.6. The van der Waals surface area contributed by atoms with Gasteiger partial charge in [0.15, 0.2) is 0 Å². The van der Waals surface area contributed by atoms with Gasteiger partial charge < -0.3 is 14.6 Å². The van der Waals surface area contributed by atoms with Gasteiger partial charge in [-0.1, -0.05) is 44.4 Å². The van der Waals surface area contributed by atoms with Crippen LogP contribution in [0.5, 0.6) is 0 Å². The molecule has 7 nitrogen and oxygen atoms in total. The van der Waals surface area contributed by atoms with Crippen molar-refractivity contribution in [2.75, 3.05) is 26.2 Å². The summed E-state index contributed by atoms with van der Waals surface area (Å²) in [5.74, 6) is 0.842. The third-order valence-electron chi connectivity index (χ3n) is 8.59. The van der Waals surface area contributed by atoms with Crippen LogP contribution in [-0.2, 0) is 13.5 Å². The number of imidazole rings is 1. The van der Waals surface area contributed by atoms with E-state index in [0.29, 0.717) is 17.4 Å². The van der Waals surface area contributed by atoms with Gasteiger partial charge in [-0.2, -0.15) is 0 Å². The quantitative estimate of drug-likeness (QED) is 0.359. The number of unbranched alkanes of at least 4 members (excludes halogenated alkanes) is 3. The number of aliphatic hydroxyl groups is 1. The zero-order valence-corrected chi connectivity index (χ0v) is 23.6. The van der Waals surface area contributed by atoms with Gasteiger partial charge in [0.05, 0.1) is 6.61 Å². The van der Waals surface area contributed by atoms with E-state index in [1.165, 1.54) is 31.2 Å². The number of amides is 1. The molecule has 1 aromatic carbocycles. The minimum atomic E-state index is 0.0319. The largest absolute Gasteiger partial charge is 0.395 e. The summed E-state index contributed by atoms with van der Waals surface area (Å²) in [5, 5.41) is 9.78. The van der Waals surface area contributed by atoms with Crippen LogP contribution in [0.1, 0.15) is 74.3 Å². The average molecular weight is 530 g/mol. The molecular weight excluding hydrogens is 486 g/mol. The number of aryl methyl sites for hydroxylation is 1. The number of piperidine rings is 1. The molecule has 2 fully saturated rings. The molecule has 0 unspecified atom stereocenters. The van der Waals surface area contributed by atoms with Gasteiger partial charge in [-0.05, 0) is 68.8 Å². The number of likely N-dealkylation sites (tertiary alicyclic amines) is 2. The molecule has 1 amide bonds. The molecule has 0 radical (unpaired) electrons. The van der Waals surface area contributed by atoms with Gasteiger partial charge in [0.2, 0.25) is 0 Å². The molecule has 4 heterocycles. The van der Waals surface area contributed by atoms with E-state index in [1.807, 2.05) is 28.6 Å². The number of aromatic nitrogens is 3. The maximum atomic E-state index is 14.1. The molecule has 2 saturated heterocycles. The lowest BCUT2D eigenvalue weighted by atomic mass is 10.0. The molecule has 2 aliphatic heterocycles. The molecule has 2 aromatic heterocycles. The molecule has 208 valence electrons. The molecule has 0 aliphatic carbocycles. The van der Waals surface area contributed by atoms with Crippen LogP contribution >= 0.6 is 0 Å². The van der Waals surface area contributed by atoms with E-state index in [2.05, 4.69) is 41.1 Å². The summed E-state index contributed by atoms with van der Waals surface area (Å²) in [6.45, 7) is 4.96. The van der Waals surface area contributed by atoms with E-state index < -0.39 is 0 Å². The van der Waals surface area contributed by atoms with Crippen molar-refractivity contribution < 1.29 is 9.90 Å². The first kappa shape index (κ1) is 27.5. The molecule has 1 N–H and O–H groups in total. The minimum absolute atomic E-state index is 0.0319. The van der Waals surface area contributed by atoms with Gasteiger partial charge in [0, 0.05) is 55.7 Å². The molecule has 39 heavy (non-hydrogen) atoms. The topological polar surface area (TPSA) is 74.5 Å². The van der Waals surface area contributed by atoms with Crippen LogP contribution in [-0.4, -0.2) is 73.7 Å². The highest BCUT2D eigenvalue weighted by atomic mass is 16.3. The van der Waals surface area contributed by atoms with Crippen molar-refractivity contribution in [1.82, 2.24) is 24.3 Å². The summed E-state index contributed by atoms with van der Waals surface area (Å²) >= 11 is 0. The molecular formula is C32H43N5O2. The number of rotatable bonds is 10. The van der Waals surface area contributed by atoms with E-state index in [1.54, 1.807) is 12.4 Å². The van der Waals surface area contributed by atoms with E-state index in [0.717, 1.165) is 68.7 Å². The Morgan fingerprint density at radius 1 is 1.03 bits per heavy atom. The Bertz CT molecular complexity index is 1230. The second-order valence-electron chi connectivity index (χ2n) is 11.2. The molecule has 2 aliphatic rings. The average Bonchev–Trinajstić information content (AvgIpc) is 3.60. The fourth-order valence-electron chi connectivity index (χ4n) is 6.41. The zero-order valence-electron chi connectivity index (χ0n) is 23.6. The number of aliphatic hydroxyl groups excluding tert-OH is 1. The second kappa shape index (κ2) is 12.9. The van der Waals surface area contributed by atoms with Crippen LogP contribution in [0.25, 0.3) is 22.6 Å². The fourth-order valence-corrected chi connectivity index (χ4v) is 6.41. The van der Waals surface area contributed by atoms with Crippen molar-refractivity contribution in [3.8, 4) is 22.6 Å². The Kier molecular flexibility index (Phi) is 9.09. The Balaban J connectivity index is 1.40. The van der Waals surface area contributed by atoms with Crippen molar-refractivity contribution >= 4 is 5.91 Å². The van der Waals surface area contributed by atoms with Crippen molar-refractivity contribution in [2.45, 2.75) is 76.8 Å². The van der Waals surface area contributed by atoms with E-state index in [-0.39, 0.29) is 18.6 Å². The lowest BCUT2D eigenvalue weighted by Gasteiger charge is -2.39. The number of carbonyl (C=O) groups excluding carboxylic acids is 1. The van der Waals surface area contributed by atoms with Gasteiger partial charge in [-0.25, -0.2) is 4.98 Å². The van der Waals surface area contributed by atoms with Crippen LogP contribution in [0.15, 0.2) is 48.8 Å². The van der Waals surface area contributed by atoms with Gasteiger partial charge in [-0.15, -0.1) is 0 Å². The second-order valence-corrected chi connectivity index (χ2v) is 11.2. The van der Waals surface area contributed by atoms with E-state index in [9.17, 15) is 9.90 Å². The number of hydrogen-bond acceptors (Lipinski definition) is 5. The maximum Gasteiger partial charge on any atom is 0.272 e. The van der Waals surface area contributed by atoms with E-state index >= 15 is 0 Å². The number of nitrogens with zero attached hydrogens (tertiary/aromatic N) is 5. The molecule has 1 atom stereocenters. The minimum Gasteiger partial charge on any atom is -0.395 e. The van der Waals surface area contributed by atoms with Crippen molar-refractivity contribution in [3.05, 3.63) is 60.0 Å². The number of benzene rings is 1. The molecule has 0 spiro atoms.